The van der Waals surface area contributed by atoms with Crippen molar-refractivity contribution in [2.75, 3.05) is 6.61 Å². The molecule has 0 saturated heterocycles. The molecule has 0 aliphatic heterocycles. The highest BCUT2D eigenvalue weighted by Gasteiger charge is 2.36. The van der Waals surface area contributed by atoms with Crippen molar-refractivity contribution in [3.05, 3.63) is 59.6 Å². The number of nitrogens with zero attached hydrogens (tertiary/aromatic N) is 4. The molecule has 0 unspecified atom stereocenters. The number of nitrogens with one attached hydrogen (secondary N) is 1. The van der Waals surface area contributed by atoms with Crippen LogP contribution in [-0.4, -0.2) is 45.6 Å². The third-order valence-corrected chi connectivity index (χ3v) is 8.54. The third kappa shape index (κ3) is 3.91. The SMILES string of the molecule is CCOC(=O)/C=C1\C[C@@H](CC)[C@@H](c2nnc3c(S(=O)(=O)c4ccccc4C)nc4[nH]ccc4n23)C1. The van der Waals surface area contributed by atoms with Gasteiger partial charge in [0.1, 0.15) is 5.82 Å². The number of aromatic nitrogens is 5. The van der Waals surface area contributed by atoms with Crippen LogP contribution in [0.1, 0.15) is 50.4 Å². The van der Waals surface area contributed by atoms with Crippen LogP contribution in [0.5, 0.6) is 0 Å². The molecule has 1 aliphatic carbocycles. The zero-order valence-electron chi connectivity index (χ0n) is 19.9. The number of rotatable bonds is 6. The maximum Gasteiger partial charge on any atom is 0.330 e. The van der Waals surface area contributed by atoms with Crippen LogP contribution < -0.4 is 0 Å². The second kappa shape index (κ2) is 8.92. The highest BCUT2D eigenvalue weighted by molar-refractivity contribution is 7.91. The molecule has 0 spiro atoms. The molecule has 1 N–H and O–H groups in total. The predicted molar refractivity (Wildman–Crippen MR) is 130 cm³/mol. The number of carbonyl (C=O) groups excluding carboxylic acids is 1. The summed E-state index contributed by atoms with van der Waals surface area (Å²) in [6.45, 7) is 5.97. The second-order valence-corrected chi connectivity index (χ2v) is 10.7. The standard InChI is InChI=1S/C25H27N5O4S/c1-4-17-12-16(14-21(31)34-5-2)13-18(17)23-28-29-24-25(27-22-19(30(23)24)10-11-26-22)35(32,33)20-9-7-6-8-15(20)3/h6-11,14,17-18,26H,4-5,12-13H2,1-3H3/b16-14+/t17-,18+/m1/s1. The molecule has 3 heterocycles. The Kier molecular flexibility index (Phi) is 5.92. The Morgan fingerprint density at radius 2 is 2.00 bits per heavy atom. The fraction of sp³-hybridized carbons (Fsp3) is 0.360. The number of hydrogen-bond donors (Lipinski definition) is 1. The molecule has 35 heavy (non-hydrogen) atoms. The van der Waals surface area contributed by atoms with Crippen molar-refractivity contribution in [2.24, 2.45) is 5.92 Å². The number of sulfone groups is 1. The molecule has 0 amide bonds. The summed E-state index contributed by atoms with van der Waals surface area (Å²) in [5, 5.41) is 8.71. The molecule has 10 heteroatoms. The number of H-pyrrole nitrogens is 1. The molecule has 3 aromatic heterocycles. The van der Waals surface area contributed by atoms with Crippen LogP contribution in [0.2, 0.25) is 0 Å². The summed E-state index contributed by atoms with van der Waals surface area (Å²) in [4.78, 5) is 19.8. The Balaban J connectivity index is 1.68. The first-order valence-electron chi connectivity index (χ1n) is 11.7. The number of hydrogen-bond acceptors (Lipinski definition) is 7. The smallest absolute Gasteiger partial charge is 0.330 e. The van der Waals surface area contributed by atoms with Gasteiger partial charge >= 0.3 is 5.97 Å². The van der Waals surface area contributed by atoms with E-state index < -0.39 is 9.84 Å². The topological polar surface area (TPSA) is 119 Å². The molecule has 1 fully saturated rings. The zero-order chi connectivity index (χ0) is 24.7. The Bertz CT molecular complexity index is 1570. The normalized spacial score (nSPS) is 19.7. The van der Waals surface area contributed by atoms with Crippen LogP contribution >= 0.6 is 0 Å². The van der Waals surface area contributed by atoms with Gasteiger partial charge in [-0.3, -0.25) is 4.40 Å². The maximum atomic E-state index is 13.7. The van der Waals surface area contributed by atoms with Crippen LogP contribution in [0.3, 0.4) is 0 Å². The van der Waals surface area contributed by atoms with E-state index in [0.29, 0.717) is 35.6 Å². The molecule has 1 aromatic carbocycles. The van der Waals surface area contributed by atoms with Gasteiger partial charge in [-0.05, 0) is 50.3 Å². The van der Waals surface area contributed by atoms with Crippen LogP contribution in [0.25, 0.3) is 16.8 Å². The number of carbonyl (C=O) groups is 1. The highest BCUT2D eigenvalue weighted by atomic mass is 32.2. The fourth-order valence-corrected chi connectivity index (χ4v) is 6.58. The molecule has 2 atom stereocenters. The molecule has 9 nitrogen and oxygen atoms in total. The van der Waals surface area contributed by atoms with Crippen molar-refractivity contribution in [3.8, 4) is 0 Å². The van der Waals surface area contributed by atoms with E-state index in [9.17, 15) is 13.2 Å². The third-order valence-electron chi connectivity index (χ3n) is 6.72. The van der Waals surface area contributed by atoms with E-state index in [2.05, 4.69) is 27.1 Å². The Morgan fingerprint density at radius 3 is 2.74 bits per heavy atom. The van der Waals surface area contributed by atoms with E-state index in [-0.39, 0.29) is 33.4 Å². The number of ether oxygens (including phenoxy) is 1. The number of allylic oxidation sites excluding steroid dienone is 1. The van der Waals surface area contributed by atoms with E-state index >= 15 is 0 Å². The quantitative estimate of drug-likeness (QED) is 0.317. The first kappa shape index (κ1) is 23.2. The molecule has 1 aliphatic rings. The fourth-order valence-electron chi connectivity index (χ4n) is 5.04. The van der Waals surface area contributed by atoms with Gasteiger partial charge in [0.2, 0.25) is 14.9 Å². The van der Waals surface area contributed by atoms with Crippen molar-refractivity contribution in [1.82, 2.24) is 24.6 Å². The molecular weight excluding hydrogens is 466 g/mol. The lowest BCUT2D eigenvalue weighted by molar-refractivity contribution is -0.137. The van der Waals surface area contributed by atoms with Gasteiger partial charge in [0.15, 0.2) is 11.3 Å². The van der Waals surface area contributed by atoms with E-state index in [1.807, 2.05) is 10.5 Å². The van der Waals surface area contributed by atoms with E-state index in [4.69, 9.17) is 4.74 Å². The van der Waals surface area contributed by atoms with Crippen LogP contribution in [-0.2, 0) is 19.4 Å². The van der Waals surface area contributed by atoms with Gasteiger partial charge in [0.25, 0.3) is 0 Å². The molecule has 0 bridgehead atoms. The number of esters is 1. The van der Waals surface area contributed by atoms with Gasteiger partial charge in [0, 0.05) is 18.2 Å². The minimum Gasteiger partial charge on any atom is -0.463 e. The van der Waals surface area contributed by atoms with Crippen molar-refractivity contribution in [3.63, 3.8) is 0 Å². The van der Waals surface area contributed by atoms with Crippen molar-refractivity contribution in [1.29, 1.82) is 0 Å². The average Bonchev–Trinajstić information content (AvgIpc) is 3.55. The summed E-state index contributed by atoms with van der Waals surface area (Å²) in [6, 6.07) is 8.68. The summed E-state index contributed by atoms with van der Waals surface area (Å²) >= 11 is 0. The Hall–Kier alpha value is -3.53. The molecule has 0 radical (unpaired) electrons. The first-order chi connectivity index (χ1) is 16.8. The average molecular weight is 494 g/mol. The summed E-state index contributed by atoms with van der Waals surface area (Å²) in [5.74, 6) is 0.548. The first-order valence-corrected chi connectivity index (χ1v) is 13.2. The second-order valence-electron chi connectivity index (χ2n) is 8.85. The summed E-state index contributed by atoms with van der Waals surface area (Å²) in [5.41, 5.74) is 2.99. The van der Waals surface area contributed by atoms with Gasteiger partial charge in [-0.25, -0.2) is 18.2 Å². The predicted octanol–water partition coefficient (Wildman–Crippen LogP) is 4.14. The van der Waals surface area contributed by atoms with Gasteiger partial charge in [-0.2, -0.15) is 0 Å². The minimum absolute atomic E-state index is 0.0230. The molecule has 4 aromatic rings. The highest BCUT2D eigenvalue weighted by Crippen LogP contribution is 2.44. The van der Waals surface area contributed by atoms with Gasteiger partial charge in [-0.15, -0.1) is 10.2 Å². The monoisotopic (exact) mass is 493 g/mol. The van der Waals surface area contributed by atoms with E-state index in [1.165, 1.54) is 0 Å². The summed E-state index contributed by atoms with van der Waals surface area (Å²) in [6.07, 6.45) is 5.58. The number of aromatic amines is 1. The minimum atomic E-state index is -3.95. The van der Waals surface area contributed by atoms with Crippen molar-refractivity contribution >= 4 is 32.6 Å². The van der Waals surface area contributed by atoms with Gasteiger partial charge in [0.05, 0.1) is 17.0 Å². The van der Waals surface area contributed by atoms with Gasteiger partial charge in [-0.1, -0.05) is 37.1 Å². The van der Waals surface area contributed by atoms with E-state index in [1.54, 1.807) is 50.4 Å². The zero-order valence-corrected chi connectivity index (χ0v) is 20.7. The molecular formula is C25H27N5O4S. The lowest BCUT2D eigenvalue weighted by atomic mass is 9.93. The van der Waals surface area contributed by atoms with Crippen LogP contribution in [0.4, 0.5) is 0 Å². The van der Waals surface area contributed by atoms with Crippen LogP contribution in [0, 0.1) is 12.8 Å². The van der Waals surface area contributed by atoms with Crippen LogP contribution in [0.15, 0.2) is 58.1 Å². The summed E-state index contributed by atoms with van der Waals surface area (Å²) < 4.78 is 34.3. The molecule has 5 rings (SSSR count). The maximum absolute atomic E-state index is 13.7. The lowest BCUT2D eigenvalue weighted by Gasteiger charge is -2.16. The Labute approximate surface area is 203 Å². The number of aryl methyl sites for hydroxylation is 1. The molecule has 1 saturated carbocycles. The van der Waals surface area contributed by atoms with E-state index in [0.717, 1.165) is 18.4 Å². The van der Waals surface area contributed by atoms with Gasteiger partial charge < -0.3 is 9.72 Å². The lowest BCUT2D eigenvalue weighted by Crippen LogP contribution is -2.12. The van der Waals surface area contributed by atoms with Crippen molar-refractivity contribution < 1.29 is 17.9 Å². The van der Waals surface area contributed by atoms with Crippen molar-refractivity contribution in [2.45, 2.75) is 55.9 Å². The summed E-state index contributed by atoms with van der Waals surface area (Å²) in [7, 11) is -3.95. The number of fused-ring (bicyclic) bond motifs is 3. The Morgan fingerprint density at radius 1 is 1.20 bits per heavy atom. The molecule has 182 valence electrons. The number of benzene rings is 1. The largest absolute Gasteiger partial charge is 0.463 e.